The first kappa shape index (κ1) is 23.2. The molecule has 1 saturated heterocycles. The molecule has 3 aromatic rings. The van der Waals surface area contributed by atoms with Crippen LogP contribution in [0, 0.1) is 12.7 Å². The topological polar surface area (TPSA) is 97.2 Å². The lowest BCUT2D eigenvalue weighted by atomic mass is 9.95. The number of hydrogen-bond donors (Lipinski definition) is 2. The van der Waals surface area contributed by atoms with Crippen LogP contribution in [0.15, 0.2) is 36.7 Å². The number of morpholine rings is 1. The summed E-state index contributed by atoms with van der Waals surface area (Å²) in [5, 5.41) is 14.5. The van der Waals surface area contributed by atoms with Gasteiger partial charge in [0.05, 0.1) is 42.7 Å². The van der Waals surface area contributed by atoms with Crippen molar-refractivity contribution in [1.29, 1.82) is 0 Å². The molecule has 1 aliphatic carbocycles. The molecule has 10 heteroatoms. The summed E-state index contributed by atoms with van der Waals surface area (Å²) in [6, 6.07) is 6.96. The summed E-state index contributed by atoms with van der Waals surface area (Å²) >= 11 is 0. The van der Waals surface area contributed by atoms with Crippen LogP contribution in [-0.4, -0.2) is 58.2 Å². The van der Waals surface area contributed by atoms with E-state index in [1.54, 1.807) is 17.1 Å². The van der Waals surface area contributed by atoms with Crippen molar-refractivity contribution in [3.05, 3.63) is 53.9 Å². The number of halogens is 1. The van der Waals surface area contributed by atoms with Crippen molar-refractivity contribution < 1.29 is 13.9 Å². The van der Waals surface area contributed by atoms with E-state index in [2.05, 4.69) is 30.8 Å². The number of pyridine rings is 1. The minimum atomic E-state index is -0.318. The Hall–Kier alpha value is -3.53. The first-order valence-electron chi connectivity index (χ1n) is 12.2. The van der Waals surface area contributed by atoms with E-state index in [-0.39, 0.29) is 23.5 Å². The summed E-state index contributed by atoms with van der Waals surface area (Å²) in [6.45, 7) is 4.57. The second-order valence-corrected chi connectivity index (χ2v) is 9.11. The monoisotopic (exact) mass is 479 g/mol. The minimum absolute atomic E-state index is 0.200. The van der Waals surface area contributed by atoms with Gasteiger partial charge in [0, 0.05) is 30.5 Å². The Morgan fingerprint density at radius 3 is 2.69 bits per heavy atom. The smallest absolute Gasteiger partial charge is 0.273 e. The Kier molecular flexibility index (Phi) is 6.89. The number of carbonyl (C=O) groups excluding carboxylic acids is 1. The van der Waals surface area contributed by atoms with Gasteiger partial charge in [-0.25, -0.2) is 9.07 Å². The number of aromatic nitrogens is 4. The van der Waals surface area contributed by atoms with Crippen LogP contribution >= 0.6 is 0 Å². The Balaban J connectivity index is 1.32. The molecule has 5 rings (SSSR count). The lowest BCUT2D eigenvalue weighted by Gasteiger charge is -2.29. The third-order valence-corrected chi connectivity index (χ3v) is 6.52. The second kappa shape index (κ2) is 10.4. The maximum Gasteiger partial charge on any atom is 0.273 e. The third kappa shape index (κ3) is 5.59. The Labute approximate surface area is 203 Å². The molecule has 2 aliphatic rings. The van der Waals surface area contributed by atoms with Crippen LogP contribution in [0.25, 0.3) is 5.69 Å². The molecule has 1 saturated carbocycles. The lowest BCUT2D eigenvalue weighted by Crippen LogP contribution is -2.36. The van der Waals surface area contributed by atoms with E-state index in [9.17, 15) is 9.18 Å². The van der Waals surface area contributed by atoms with Crippen molar-refractivity contribution in [2.45, 2.75) is 45.1 Å². The molecule has 0 bridgehead atoms. The molecule has 2 fully saturated rings. The van der Waals surface area contributed by atoms with Crippen molar-refractivity contribution in [2.24, 2.45) is 0 Å². The van der Waals surface area contributed by atoms with Gasteiger partial charge in [-0.2, -0.15) is 0 Å². The highest BCUT2D eigenvalue weighted by Gasteiger charge is 2.19. The first-order valence-corrected chi connectivity index (χ1v) is 12.2. The summed E-state index contributed by atoms with van der Waals surface area (Å²) in [7, 11) is 0. The fraction of sp³-hybridized carbons (Fsp3) is 0.440. The van der Waals surface area contributed by atoms with Gasteiger partial charge >= 0.3 is 0 Å². The minimum Gasteiger partial charge on any atom is -0.378 e. The quantitative estimate of drug-likeness (QED) is 0.556. The molecular weight excluding hydrogens is 449 g/mol. The van der Waals surface area contributed by atoms with Gasteiger partial charge in [0.1, 0.15) is 5.82 Å². The van der Waals surface area contributed by atoms with Gasteiger partial charge in [-0.1, -0.05) is 24.5 Å². The molecule has 0 unspecified atom stereocenters. The molecule has 0 radical (unpaired) electrons. The van der Waals surface area contributed by atoms with E-state index < -0.39 is 0 Å². The van der Waals surface area contributed by atoms with Gasteiger partial charge in [-0.3, -0.25) is 9.78 Å². The van der Waals surface area contributed by atoms with Crippen molar-refractivity contribution in [3.8, 4) is 5.69 Å². The van der Waals surface area contributed by atoms with Gasteiger partial charge in [-0.15, -0.1) is 5.10 Å². The summed E-state index contributed by atoms with van der Waals surface area (Å²) < 4.78 is 21.3. The maximum atomic E-state index is 14.4. The van der Waals surface area contributed by atoms with Gasteiger partial charge < -0.3 is 20.3 Å². The zero-order chi connectivity index (χ0) is 24.2. The normalized spacial score (nSPS) is 16.8. The number of rotatable bonds is 6. The van der Waals surface area contributed by atoms with Crippen LogP contribution in [-0.2, 0) is 4.74 Å². The number of nitrogens with zero attached hydrogens (tertiary/aromatic N) is 5. The number of carbonyl (C=O) groups is 1. The average Bonchev–Trinajstić information content (AvgIpc) is 3.36. The summed E-state index contributed by atoms with van der Waals surface area (Å²) in [5.74, 6) is -0.528. The number of nitrogens with one attached hydrogen (secondary N) is 2. The molecule has 2 N–H and O–H groups in total. The van der Waals surface area contributed by atoms with E-state index in [1.807, 2.05) is 19.1 Å². The van der Waals surface area contributed by atoms with Crippen LogP contribution in [0.5, 0.6) is 0 Å². The van der Waals surface area contributed by atoms with E-state index in [1.165, 1.54) is 18.6 Å². The van der Waals surface area contributed by atoms with Gasteiger partial charge in [0.2, 0.25) is 0 Å². The first-order chi connectivity index (χ1) is 17.0. The standard InChI is InChI=1S/C25H30FN7O2/c1-17-24(33-16-23(30-31-33)25(34)29-19-5-3-2-4-6-19)14-21(15-27-17)28-20-11-18(26)12-22(13-20)32-7-9-35-10-8-32/h11-16,19,28H,2-10H2,1H3,(H,29,34). The predicted molar refractivity (Wildman–Crippen MR) is 131 cm³/mol. The van der Waals surface area contributed by atoms with E-state index in [0.717, 1.165) is 50.2 Å². The predicted octanol–water partition coefficient (Wildman–Crippen LogP) is 3.75. The van der Waals surface area contributed by atoms with Crippen molar-refractivity contribution >= 4 is 23.0 Å². The molecule has 1 aromatic carbocycles. The number of ether oxygens (including phenoxy) is 1. The average molecular weight is 480 g/mol. The number of anilines is 3. The molecule has 1 aliphatic heterocycles. The summed E-state index contributed by atoms with van der Waals surface area (Å²) in [5.41, 5.74) is 3.79. The molecule has 9 nitrogen and oxygen atoms in total. The van der Waals surface area contributed by atoms with Crippen molar-refractivity contribution in [2.75, 3.05) is 36.5 Å². The van der Waals surface area contributed by atoms with Gasteiger partial charge in [0.25, 0.3) is 5.91 Å². The van der Waals surface area contributed by atoms with Crippen molar-refractivity contribution in [3.63, 3.8) is 0 Å². The molecule has 1 amide bonds. The highest BCUT2D eigenvalue weighted by atomic mass is 19.1. The van der Waals surface area contributed by atoms with Gasteiger partial charge in [0.15, 0.2) is 5.69 Å². The van der Waals surface area contributed by atoms with Crippen LogP contribution in [0.2, 0.25) is 0 Å². The van der Waals surface area contributed by atoms with E-state index >= 15 is 0 Å². The highest BCUT2D eigenvalue weighted by molar-refractivity contribution is 5.92. The van der Waals surface area contributed by atoms with E-state index in [4.69, 9.17) is 4.74 Å². The highest BCUT2D eigenvalue weighted by Crippen LogP contribution is 2.26. The number of benzene rings is 1. The fourth-order valence-electron chi connectivity index (χ4n) is 4.63. The molecule has 0 atom stereocenters. The van der Waals surface area contributed by atoms with Crippen LogP contribution < -0.4 is 15.5 Å². The molecule has 2 aromatic heterocycles. The largest absolute Gasteiger partial charge is 0.378 e. The SMILES string of the molecule is Cc1ncc(Nc2cc(F)cc(N3CCOCC3)c2)cc1-n1cc(C(=O)NC2CCCCC2)nn1. The second-order valence-electron chi connectivity index (χ2n) is 9.11. The van der Waals surface area contributed by atoms with Crippen LogP contribution in [0.3, 0.4) is 0 Å². The fourth-order valence-corrected chi connectivity index (χ4v) is 4.63. The summed E-state index contributed by atoms with van der Waals surface area (Å²) in [4.78, 5) is 19.2. The van der Waals surface area contributed by atoms with Crippen LogP contribution in [0.4, 0.5) is 21.5 Å². The third-order valence-electron chi connectivity index (χ3n) is 6.52. The number of aryl methyl sites for hydroxylation is 1. The zero-order valence-corrected chi connectivity index (χ0v) is 19.8. The maximum absolute atomic E-state index is 14.4. The summed E-state index contributed by atoms with van der Waals surface area (Å²) in [6.07, 6.45) is 8.82. The zero-order valence-electron chi connectivity index (χ0n) is 19.8. The Morgan fingerprint density at radius 2 is 1.89 bits per heavy atom. The molecule has 35 heavy (non-hydrogen) atoms. The Bertz CT molecular complexity index is 1190. The Morgan fingerprint density at radius 1 is 1.09 bits per heavy atom. The van der Waals surface area contributed by atoms with Crippen molar-refractivity contribution in [1.82, 2.24) is 25.3 Å². The van der Waals surface area contributed by atoms with Gasteiger partial charge in [-0.05, 0) is 44.0 Å². The number of amides is 1. The molecule has 0 spiro atoms. The van der Waals surface area contributed by atoms with E-state index in [0.29, 0.717) is 30.3 Å². The number of hydrogen-bond acceptors (Lipinski definition) is 7. The molecule has 184 valence electrons. The molecule has 3 heterocycles. The molecular formula is C25H30FN7O2. The lowest BCUT2D eigenvalue weighted by molar-refractivity contribution is 0.0922. The van der Waals surface area contributed by atoms with Crippen LogP contribution in [0.1, 0.15) is 48.3 Å².